The van der Waals surface area contributed by atoms with E-state index in [1.54, 1.807) is 0 Å². The van der Waals surface area contributed by atoms with Crippen molar-refractivity contribution in [2.24, 2.45) is 0 Å². The lowest BCUT2D eigenvalue weighted by Crippen LogP contribution is -1.99. The highest BCUT2D eigenvalue weighted by atomic mass is 15.3. The van der Waals surface area contributed by atoms with E-state index in [9.17, 15) is 0 Å². The SMILES string of the molecule is c1ccc(-n2c3ccccc3c3cc(-c4ccccc4-c4ccccc4-c4ccc(-n5nc(-c6ccc7ccccc7c6)cc5-c5ccc6ccccc6c5)cc4)ccc32)cc1. The van der Waals surface area contributed by atoms with Gasteiger partial charge in [0.15, 0.2) is 0 Å². The second-order valence-corrected chi connectivity index (χ2v) is 16.0. The molecule has 0 atom stereocenters. The smallest absolute Gasteiger partial charge is 0.0934 e. The zero-order valence-corrected chi connectivity index (χ0v) is 33.9. The third-order valence-corrected chi connectivity index (χ3v) is 12.4. The van der Waals surface area contributed by atoms with Crippen molar-refractivity contribution >= 4 is 43.4 Å². The summed E-state index contributed by atoms with van der Waals surface area (Å²) in [7, 11) is 0. The number of hydrogen-bond acceptors (Lipinski definition) is 1. The third kappa shape index (κ3) is 6.10. The van der Waals surface area contributed by atoms with E-state index in [0.717, 1.165) is 39.5 Å². The van der Waals surface area contributed by atoms with Gasteiger partial charge in [-0.3, -0.25) is 0 Å². The monoisotopic (exact) mass is 789 g/mol. The van der Waals surface area contributed by atoms with Gasteiger partial charge in [0.2, 0.25) is 0 Å². The molecule has 12 rings (SSSR count). The van der Waals surface area contributed by atoms with Crippen LogP contribution in [0.5, 0.6) is 0 Å². The van der Waals surface area contributed by atoms with Crippen LogP contribution in [0.25, 0.3) is 111 Å². The summed E-state index contributed by atoms with van der Waals surface area (Å²) >= 11 is 0. The molecular formula is C59H39N3. The highest BCUT2D eigenvalue weighted by Gasteiger charge is 2.18. The normalized spacial score (nSPS) is 11.5. The lowest BCUT2D eigenvalue weighted by atomic mass is 9.89. The van der Waals surface area contributed by atoms with Crippen LogP contribution in [0.3, 0.4) is 0 Å². The van der Waals surface area contributed by atoms with Gasteiger partial charge in [0.05, 0.1) is 28.1 Å². The van der Waals surface area contributed by atoms with Gasteiger partial charge in [-0.2, -0.15) is 5.10 Å². The van der Waals surface area contributed by atoms with Gasteiger partial charge in [0.25, 0.3) is 0 Å². The molecule has 3 nitrogen and oxygen atoms in total. The fourth-order valence-electron chi connectivity index (χ4n) is 9.34. The molecule has 0 fully saturated rings. The van der Waals surface area contributed by atoms with E-state index in [2.05, 4.69) is 246 Å². The predicted octanol–water partition coefficient (Wildman–Crippen LogP) is 15.6. The van der Waals surface area contributed by atoms with Gasteiger partial charge >= 0.3 is 0 Å². The first-order valence-electron chi connectivity index (χ1n) is 21.2. The number of nitrogens with zero attached hydrogens (tertiary/aromatic N) is 3. The van der Waals surface area contributed by atoms with Gasteiger partial charge in [-0.25, -0.2) is 4.68 Å². The summed E-state index contributed by atoms with van der Waals surface area (Å²) in [5, 5.41) is 12.6. The Bertz CT molecular complexity index is 3630. The first-order chi connectivity index (χ1) is 30.7. The Balaban J connectivity index is 0.947. The number of rotatable bonds is 7. The van der Waals surface area contributed by atoms with Crippen LogP contribution in [0.1, 0.15) is 0 Å². The molecule has 0 aliphatic carbocycles. The molecule has 290 valence electrons. The Labute approximate surface area is 360 Å². The van der Waals surface area contributed by atoms with Crippen molar-refractivity contribution in [1.29, 1.82) is 0 Å². The van der Waals surface area contributed by atoms with Crippen LogP contribution in [0, 0.1) is 0 Å². The Kier molecular flexibility index (Phi) is 8.50. The van der Waals surface area contributed by atoms with Crippen molar-refractivity contribution < 1.29 is 0 Å². The second kappa shape index (κ2) is 14.8. The summed E-state index contributed by atoms with van der Waals surface area (Å²) in [6.07, 6.45) is 0. The van der Waals surface area contributed by atoms with Gasteiger partial charge in [0.1, 0.15) is 0 Å². The molecule has 0 amide bonds. The molecule has 12 aromatic rings. The Morgan fingerprint density at radius 2 is 0.806 bits per heavy atom. The van der Waals surface area contributed by atoms with E-state index >= 15 is 0 Å². The standard InChI is InChI=1S/C59H39N3/c1-2-18-48(19-3-1)61-57-25-13-12-24-54(57)55-38-45(32-35-58(55)61)51-21-9-11-23-53(51)52-22-10-8-20-50(52)42-30-33-49(34-31-42)62-59(47-29-27-41-15-5-7-17-44(41)37-47)39-56(60-62)46-28-26-40-14-4-6-16-43(40)36-46/h1-39H. The summed E-state index contributed by atoms with van der Waals surface area (Å²) in [5.41, 5.74) is 15.9. The average Bonchev–Trinajstić information content (AvgIpc) is 3.94. The maximum Gasteiger partial charge on any atom is 0.0934 e. The van der Waals surface area contributed by atoms with Gasteiger partial charge in [0, 0.05) is 27.6 Å². The van der Waals surface area contributed by atoms with Gasteiger partial charge in [-0.15, -0.1) is 0 Å². The topological polar surface area (TPSA) is 22.8 Å². The molecule has 0 aliphatic rings. The molecular weight excluding hydrogens is 751 g/mol. The number of benzene rings is 10. The first kappa shape index (κ1) is 35.7. The number of para-hydroxylation sites is 2. The molecule has 0 N–H and O–H groups in total. The quantitative estimate of drug-likeness (QED) is 0.158. The fourth-order valence-corrected chi connectivity index (χ4v) is 9.34. The van der Waals surface area contributed by atoms with Crippen LogP contribution in [0.4, 0.5) is 0 Å². The highest BCUT2D eigenvalue weighted by Crippen LogP contribution is 2.41. The van der Waals surface area contributed by atoms with Crippen LogP contribution >= 0.6 is 0 Å². The van der Waals surface area contributed by atoms with E-state index in [-0.39, 0.29) is 0 Å². The third-order valence-electron chi connectivity index (χ3n) is 12.4. The lowest BCUT2D eigenvalue weighted by Gasteiger charge is -2.16. The second-order valence-electron chi connectivity index (χ2n) is 16.0. The van der Waals surface area contributed by atoms with Crippen LogP contribution in [-0.2, 0) is 0 Å². The van der Waals surface area contributed by atoms with Crippen LogP contribution in [0.15, 0.2) is 237 Å². The van der Waals surface area contributed by atoms with Gasteiger partial charge in [-0.1, -0.05) is 176 Å². The maximum atomic E-state index is 5.30. The van der Waals surface area contributed by atoms with Crippen LogP contribution in [-0.4, -0.2) is 14.3 Å². The number of hydrogen-bond donors (Lipinski definition) is 0. The van der Waals surface area contributed by atoms with Crippen molar-refractivity contribution in [3.63, 3.8) is 0 Å². The van der Waals surface area contributed by atoms with Gasteiger partial charge < -0.3 is 4.57 Å². The summed E-state index contributed by atoms with van der Waals surface area (Å²) in [4.78, 5) is 0. The van der Waals surface area contributed by atoms with Crippen molar-refractivity contribution in [3.8, 4) is 67.3 Å². The average molecular weight is 790 g/mol. The molecule has 0 unspecified atom stereocenters. The molecule has 0 saturated carbocycles. The highest BCUT2D eigenvalue weighted by molar-refractivity contribution is 6.11. The van der Waals surface area contributed by atoms with Crippen molar-refractivity contribution in [2.45, 2.75) is 0 Å². The Morgan fingerprint density at radius 3 is 1.52 bits per heavy atom. The minimum Gasteiger partial charge on any atom is -0.309 e. The van der Waals surface area contributed by atoms with Crippen molar-refractivity contribution in [3.05, 3.63) is 237 Å². The molecule has 2 aromatic heterocycles. The Hall–Kier alpha value is -8.27. The summed E-state index contributed by atoms with van der Waals surface area (Å²) in [6.45, 7) is 0. The van der Waals surface area contributed by atoms with Crippen molar-refractivity contribution in [2.75, 3.05) is 0 Å². The molecule has 10 aromatic carbocycles. The summed E-state index contributed by atoms with van der Waals surface area (Å²) in [6, 6.07) is 85.3. The first-order valence-corrected chi connectivity index (χ1v) is 21.2. The number of fused-ring (bicyclic) bond motifs is 5. The molecule has 3 heteroatoms. The molecule has 0 saturated heterocycles. The largest absolute Gasteiger partial charge is 0.309 e. The maximum absolute atomic E-state index is 5.30. The zero-order valence-electron chi connectivity index (χ0n) is 33.9. The van der Waals surface area contributed by atoms with E-state index in [1.165, 1.54) is 71.2 Å². The van der Waals surface area contributed by atoms with E-state index in [4.69, 9.17) is 5.10 Å². The Morgan fingerprint density at radius 1 is 0.290 bits per heavy atom. The zero-order chi connectivity index (χ0) is 41.0. The summed E-state index contributed by atoms with van der Waals surface area (Å²) in [5.74, 6) is 0. The van der Waals surface area contributed by atoms with Gasteiger partial charge in [-0.05, 0) is 116 Å². The summed E-state index contributed by atoms with van der Waals surface area (Å²) < 4.78 is 4.47. The van der Waals surface area contributed by atoms with Crippen LogP contribution in [0.2, 0.25) is 0 Å². The molecule has 2 heterocycles. The van der Waals surface area contributed by atoms with Crippen LogP contribution < -0.4 is 0 Å². The van der Waals surface area contributed by atoms with E-state index in [1.807, 2.05) is 0 Å². The molecule has 0 aliphatic heterocycles. The number of aromatic nitrogens is 3. The molecule has 0 radical (unpaired) electrons. The lowest BCUT2D eigenvalue weighted by molar-refractivity contribution is 0.892. The van der Waals surface area contributed by atoms with E-state index in [0.29, 0.717) is 0 Å². The van der Waals surface area contributed by atoms with E-state index < -0.39 is 0 Å². The minimum absolute atomic E-state index is 0.938. The molecule has 0 spiro atoms. The minimum atomic E-state index is 0.938. The predicted molar refractivity (Wildman–Crippen MR) is 260 cm³/mol. The molecule has 0 bridgehead atoms. The van der Waals surface area contributed by atoms with Crippen molar-refractivity contribution in [1.82, 2.24) is 14.3 Å². The molecule has 62 heavy (non-hydrogen) atoms. The fraction of sp³-hybridized carbons (Fsp3) is 0.